The predicted molar refractivity (Wildman–Crippen MR) is 103 cm³/mol. The normalized spacial score (nSPS) is 15.8. The summed E-state index contributed by atoms with van der Waals surface area (Å²) in [5.74, 6) is 0.898. The molecule has 1 fully saturated rings. The molecular formula is C18H29N3O5S. The Balaban J connectivity index is 2.02. The van der Waals surface area contributed by atoms with Crippen LogP contribution in [0.4, 0.5) is 0 Å². The monoisotopic (exact) mass is 399 g/mol. The van der Waals surface area contributed by atoms with E-state index in [0.29, 0.717) is 36.7 Å². The maximum atomic E-state index is 12.8. The van der Waals surface area contributed by atoms with Crippen LogP contribution in [0.1, 0.15) is 30.1 Å². The van der Waals surface area contributed by atoms with Crippen LogP contribution in [-0.2, 0) is 10.2 Å². The Morgan fingerprint density at radius 1 is 1.11 bits per heavy atom. The maximum absolute atomic E-state index is 12.8. The van der Waals surface area contributed by atoms with Crippen LogP contribution in [0, 0.1) is 0 Å². The highest BCUT2D eigenvalue weighted by atomic mass is 32.2. The topological polar surface area (TPSA) is 79.4 Å². The van der Waals surface area contributed by atoms with E-state index in [4.69, 9.17) is 9.47 Å². The van der Waals surface area contributed by atoms with E-state index in [1.807, 2.05) is 6.92 Å². The fourth-order valence-corrected chi connectivity index (χ4v) is 4.35. The molecule has 0 radical (unpaired) electrons. The van der Waals surface area contributed by atoms with Gasteiger partial charge in [0, 0.05) is 45.3 Å². The molecule has 0 saturated carbocycles. The van der Waals surface area contributed by atoms with Crippen LogP contribution in [0.5, 0.6) is 11.5 Å². The van der Waals surface area contributed by atoms with Gasteiger partial charge in [0.25, 0.3) is 16.1 Å². The van der Waals surface area contributed by atoms with Crippen molar-refractivity contribution in [3.63, 3.8) is 0 Å². The Morgan fingerprint density at radius 2 is 1.74 bits per heavy atom. The molecule has 1 heterocycles. The van der Waals surface area contributed by atoms with Gasteiger partial charge in [0.15, 0.2) is 11.5 Å². The van der Waals surface area contributed by atoms with E-state index in [1.165, 1.54) is 22.8 Å². The zero-order valence-corrected chi connectivity index (χ0v) is 17.3. The molecule has 1 aromatic carbocycles. The number of ether oxygens (including phenoxy) is 2. The van der Waals surface area contributed by atoms with Crippen LogP contribution in [0.2, 0.25) is 0 Å². The second-order valence-electron chi connectivity index (χ2n) is 6.44. The molecule has 1 aliphatic rings. The van der Waals surface area contributed by atoms with Crippen LogP contribution in [0.3, 0.4) is 0 Å². The lowest BCUT2D eigenvalue weighted by molar-refractivity contribution is 0.0694. The SMILES string of the molecule is CCCCN(C)S(=O)(=O)N1CCN(C(=O)c2ccc(OC)c(OC)c2)CC1. The highest BCUT2D eigenvalue weighted by Crippen LogP contribution is 2.28. The molecule has 0 unspecified atom stereocenters. The maximum Gasteiger partial charge on any atom is 0.281 e. The number of carbonyl (C=O) groups excluding carboxylic acids is 1. The van der Waals surface area contributed by atoms with Crippen molar-refractivity contribution in [1.29, 1.82) is 0 Å². The molecule has 0 atom stereocenters. The van der Waals surface area contributed by atoms with Crippen LogP contribution in [0.15, 0.2) is 18.2 Å². The van der Waals surface area contributed by atoms with Gasteiger partial charge in [0.05, 0.1) is 14.2 Å². The second-order valence-corrected chi connectivity index (χ2v) is 8.48. The molecule has 2 rings (SSSR count). The third-order valence-electron chi connectivity index (χ3n) is 4.70. The van der Waals surface area contributed by atoms with Crippen molar-refractivity contribution in [2.75, 3.05) is 54.0 Å². The van der Waals surface area contributed by atoms with Crippen molar-refractivity contribution >= 4 is 16.1 Å². The van der Waals surface area contributed by atoms with Gasteiger partial charge in [-0.1, -0.05) is 13.3 Å². The summed E-state index contributed by atoms with van der Waals surface area (Å²) in [6.45, 7) is 3.82. The molecule has 152 valence electrons. The number of carbonyl (C=O) groups is 1. The lowest BCUT2D eigenvalue weighted by Gasteiger charge is -2.36. The van der Waals surface area contributed by atoms with Gasteiger partial charge in [-0.25, -0.2) is 0 Å². The summed E-state index contributed by atoms with van der Waals surface area (Å²) in [5, 5.41) is 0. The minimum atomic E-state index is -3.48. The van der Waals surface area contributed by atoms with Gasteiger partial charge in [-0.05, 0) is 24.6 Å². The minimum Gasteiger partial charge on any atom is -0.493 e. The van der Waals surface area contributed by atoms with Gasteiger partial charge < -0.3 is 14.4 Å². The van der Waals surface area contributed by atoms with Crippen LogP contribution in [-0.4, -0.2) is 81.8 Å². The number of rotatable bonds is 8. The van der Waals surface area contributed by atoms with Crippen molar-refractivity contribution in [2.24, 2.45) is 0 Å². The Kier molecular flexibility index (Phi) is 7.46. The molecule has 0 aromatic heterocycles. The first-order valence-corrected chi connectivity index (χ1v) is 10.5. The number of unbranched alkanes of at least 4 members (excludes halogenated alkanes) is 1. The van der Waals surface area contributed by atoms with Gasteiger partial charge >= 0.3 is 0 Å². The smallest absolute Gasteiger partial charge is 0.281 e. The molecule has 1 saturated heterocycles. The van der Waals surface area contributed by atoms with Crippen LogP contribution >= 0.6 is 0 Å². The van der Waals surface area contributed by atoms with E-state index in [0.717, 1.165) is 12.8 Å². The quantitative estimate of drug-likeness (QED) is 0.661. The standard InChI is InChI=1S/C18H29N3O5S/c1-5-6-9-19(2)27(23,24)21-12-10-20(11-13-21)18(22)15-7-8-16(25-3)17(14-15)26-4/h7-8,14H,5-6,9-13H2,1-4H3. The summed E-state index contributed by atoms with van der Waals surface area (Å²) in [5.41, 5.74) is 0.490. The lowest BCUT2D eigenvalue weighted by atomic mass is 10.1. The molecular weight excluding hydrogens is 370 g/mol. The van der Waals surface area contributed by atoms with Crippen LogP contribution < -0.4 is 9.47 Å². The number of benzene rings is 1. The van der Waals surface area contributed by atoms with Gasteiger partial charge in [0.1, 0.15) is 0 Å². The number of hydrogen-bond acceptors (Lipinski definition) is 5. The summed E-state index contributed by atoms with van der Waals surface area (Å²) < 4.78 is 38.5. The van der Waals surface area contributed by atoms with Gasteiger partial charge in [0.2, 0.25) is 0 Å². The first-order chi connectivity index (χ1) is 12.8. The summed E-state index contributed by atoms with van der Waals surface area (Å²) >= 11 is 0. The highest BCUT2D eigenvalue weighted by Gasteiger charge is 2.31. The number of piperazine rings is 1. The van der Waals surface area contributed by atoms with E-state index in [9.17, 15) is 13.2 Å². The number of methoxy groups -OCH3 is 2. The molecule has 0 bridgehead atoms. The molecule has 0 spiro atoms. The average Bonchev–Trinajstić information content (AvgIpc) is 2.70. The molecule has 1 aromatic rings. The molecule has 0 N–H and O–H groups in total. The molecule has 0 aliphatic carbocycles. The zero-order valence-electron chi connectivity index (χ0n) is 16.5. The first kappa shape index (κ1) is 21.5. The first-order valence-electron chi connectivity index (χ1n) is 9.07. The fourth-order valence-electron chi connectivity index (χ4n) is 2.97. The summed E-state index contributed by atoms with van der Waals surface area (Å²) in [7, 11) is 1.18. The molecule has 8 nitrogen and oxygen atoms in total. The van der Waals surface area contributed by atoms with Crippen molar-refractivity contribution in [1.82, 2.24) is 13.5 Å². The van der Waals surface area contributed by atoms with Crippen molar-refractivity contribution in [2.45, 2.75) is 19.8 Å². The molecule has 27 heavy (non-hydrogen) atoms. The molecule has 9 heteroatoms. The molecule has 1 aliphatic heterocycles. The lowest BCUT2D eigenvalue weighted by Crippen LogP contribution is -2.53. The zero-order chi connectivity index (χ0) is 20.0. The Hall–Kier alpha value is -1.84. The third-order valence-corrected chi connectivity index (χ3v) is 6.69. The van der Waals surface area contributed by atoms with E-state index in [-0.39, 0.29) is 19.0 Å². The van der Waals surface area contributed by atoms with E-state index < -0.39 is 10.2 Å². The average molecular weight is 400 g/mol. The third kappa shape index (κ3) is 4.91. The highest BCUT2D eigenvalue weighted by molar-refractivity contribution is 7.86. The van der Waals surface area contributed by atoms with E-state index >= 15 is 0 Å². The number of nitrogens with zero attached hydrogens (tertiary/aromatic N) is 3. The van der Waals surface area contributed by atoms with E-state index in [2.05, 4.69) is 0 Å². The summed E-state index contributed by atoms with van der Waals surface area (Å²) in [6.07, 6.45) is 1.76. The summed E-state index contributed by atoms with van der Waals surface area (Å²) in [6, 6.07) is 5.02. The predicted octanol–water partition coefficient (Wildman–Crippen LogP) is 1.44. The van der Waals surface area contributed by atoms with E-state index in [1.54, 1.807) is 30.1 Å². The van der Waals surface area contributed by atoms with Gasteiger partial charge in [-0.3, -0.25) is 4.79 Å². The largest absolute Gasteiger partial charge is 0.493 e. The molecule has 1 amide bonds. The minimum absolute atomic E-state index is 0.146. The van der Waals surface area contributed by atoms with Gasteiger partial charge in [-0.2, -0.15) is 17.0 Å². The van der Waals surface area contributed by atoms with Crippen molar-refractivity contribution < 1.29 is 22.7 Å². The Morgan fingerprint density at radius 3 is 2.30 bits per heavy atom. The van der Waals surface area contributed by atoms with Crippen molar-refractivity contribution in [3.8, 4) is 11.5 Å². The Bertz CT molecular complexity index is 745. The van der Waals surface area contributed by atoms with Crippen molar-refractivity contribution in [3.05, 3.63) is 23.8 Å². The van der Waals surface area contributed by atoms with Gasteiger partial charge in [-0.15, -0.1) is 0 Å². The second kappa shape index (κ2) is 9.38. The number of hydrogen-bond donors (Lipinski definition) is 0. The fraction of sp³-hybridized carbons (Fsp3) is 0.611. The summed E-state index contributed by atoms with van der Waals surface area (Å²) in [4.78, 5) is 14.4. The number of amides is 1. The van der Waals surface area contributed by atoms with Crippen LogP contribution in [0.25, 0.3) is 0 Å². The Labute approximate surface area is 161 Å².